The number of aliphatic hydroxyl groups is 1. The standard InChI is InChI=1S/C12H24F2N2O3.C2H6/c1-12(2,3)19-11(18)16(8-6-15-4)7-5-9(17)10(13)14;1-2/h9-10,15,17H,5-8H2,1-4H3;1-2H3. The molecule has 0 aromatic heterocycles. The van der Waals surface area contributed by atoms with Crippen molar-refractivity contribution in [2.24, 2.45) is 0 Å². The molecule has 128 valence electrons. The van der Waals surface area contributed by atoms with Gasteiger partial charge in [-0.05, 0) is 34.2 Å². The van der Waals surface area contributed by atoms with Crippen molar-refractivity contribution in [2.75, 3.05) is 26.7 Å². The highest BCUT2D eigenvalue weighted by Crippen LogP contribution is 2.11. The molecule has 21 heavy (non-hydrogen) atoms. The molecule has 0 rings (SSSR count). The van der Waals surface area contributed by atoms with Gasteiger partial charge in [-0.15, -0.1) is 0 Å². The molecule has 0 bridgehead atoms. The van der Waals surface area contributed by atoms with Crippen LogP contribution in [0.5, 0.6) is 0 Å². The molecule has 2 N–H and O–H groups in total. The van der Waals surface area contributed by atoms with Gasteiger partial charge in [0.05, 0.1) is 0 Å². The minimum Gasteiger partial charge on any atom is -0.444 e. The van der Waals surface area contributed by atoms with E-state index < -0.39 is 24.2 Å². The van der Waals surface area contributed by atoms with Crippen LogP contribution < -0.4 is 5.32 Å². The number of hydrogen-bond donors (Lipinski definition) is 2. The summed E-state index contributed by atoms with van der Waals surface area (Å²) in [6.45, 7) is 10.1. The van der Waals surface area contributed by atoms with E-state index in [1.54, 1.807) is 27.8 Å². The van der Waals surface area contributed by atoms with Crippen LogP contribution in [0.1, 0.15) is 41.0 Å². The molecule has 0 spiro atoms. The molecule has 0 aliphatic rings. The summed E-state index contributed by atoms with van der Waals surface area (Å²) in [5.74, 6) is 0. The summed E-state index contributed by atoms with van der Waals surface area (Å²) in [6.07, 6.45) is -5.27. The average Bonchev–Trinajstić information content (AvgIpc) is 2.38. The van der Waals surface area contributed by atoms with Gasteiger partial charge in [-0.1, -0.05) is 13.8 Å². The fraction of sp³-hybridized carbons (Fsp3) is 0.929. The molecule has 0 saturated carbocycles. The first-order valence-corrected chi connectivity index (χ1v) is 7.26. The molecule has 5 nitrogen and oxygen atoms in total. The van der Waals surface area contributed by atoms with E-state index >= 15 is 0 Å². The maximum atomic E-state index is 12.2. The lowest BCUT2D eigenvalue weighted by Gasteiger charge is -2.28. The van der Waals surface area contributed by atoms with E-state index in [2.05, 4.69) is 5.32 Å². The Hall–Kier alpha value is -0.950. The predicted molar refractivity (Wildman–Crippen MR) is 79.7 cm³/mol. The van der Waals surface area contributed by atoms with Crippen LogP contribution in [0.2, 0.25) is 0 Å². The highest BCUT2D eigenvalue weighted by Gasteiger charge is 2.24. The molecule has 0 aliphatic carbocycles. The van der Waals surface area contributed by atoms with Gasteiger partial charge in [-0.2, -0.15) is 0 Å². The zero-order valence-electron chi connectivity index (χ0n) is 13.9. The van der Waals surface area contributed by atoms with E-state index in [0.29, 0.717) is 13.1 Å². The molecule has 7 heteroatoms. The second-order valence-corrected chi connectivity index (χ2v) is 5.26. The number of amides is 1. The van der Waals surface area contributed by atoms with E-state index in [4.69, 9.17) is 9.84 Å². The van der Waals surface area contributed by atoms with Crippen molar-refractivity contribution in [2.45, 2.75) is 59.2 Å². The number of nitrogens with one attached hydrogen (secondary N) is 1. The Labute approximate surface area is 126 Å². The van der Waals surface area contributed by atoms with Crippen molar-refractivity contribution < 1.29 is 23.4 Å². The van der Waals surface area contributed by atoms with Crippen molar-refractivity contribution >= 4 is 6.09 Å². The van der Waals surface area contributed by atoms with Gasteiger partial charge in [0.25, 0.3) is 6.43 Å². The summed E-state index contributed by atoms with van der Waals surface area (Å²) in [5, 5.41) is 11.9. The Bertz CT molecular complexity index is 271. The largest absolute Gasteiger partial charge is 0.444 e. The number of ether oxygens (including phenoxy) is 1. The molecule has 1 unspecified atom stereocenters. The third kappa shape index (κ3) is 12.5. The lowest BCUT2D eigenvalue weighted by molar-refractivity contribution is -0.0173. The molecule has 1 amide bonds. The van der Waals surface area contributed by atoms with Crippen LogP contribution in [0.4, 0.5) is 13.6 Å². The van der Waals surface area contributed by atoms with Gasteiger partial charge in [0.2, 0.25) is 0 Å². The van der Waals surface area contributed by atoms with Crippen LogP contribution in [0.3, 0.4) is 0 Å². The molecule has 0 aliphatic heterocycles. The third-order valence-corrected chi connectivity index (χ3v) is 2.27. The molecule has 0 heterocycles. The number of likely N-dealkylation sites (N-methyl/N-ethyl adjacent to an activating group) is 1. The number of carbonyl (C=O) groups is 1. The fourth-order valence-corrected chi connectivity index (χ4v) is 1.28. The van der Waals surface area contributed by atoms with Gasteiger partial charge in [0.15, 0.2) is 0 Å². The smallest absolute Gasteiger partial charge is 0.410 e. The summed E-state index contributed by atoms with van der Waals surface area (Å²) in [4.78, 5) is 13.2. The van der Waals surface area contributed by atoms with Gasteiger partial charge in [-0.25, -0.2) is 13.6 Å². The zero-order valence-corrected chi connectivity index (χ0v) is 13.9. The first-order valence-electron chi connectivity index (χ1n) is 7.26. The Morgan fingerprint density at radius 2 is 1.81 bits per heavy atom. The van der Waals surface area contributed by atoms with Crippen molar-refractivity contribution in [3.63, 3.8) is 0 Å². The number of rotatable bonds is 7. The SMILES string of the molecule is CC.CNCCN(CCC(O)C(F)F)C(=O)OC(C)(C)C. The lowest BCUT2D eigenvalue weighted by atomic mass is 10.2. The van der Waals surface area contributed by atoms with E-state index in [1.165, 1.54) is 4.90 Å². The van der Waals surface area contributed by atoms with E-state index in [1.807, 2.05) is 13.8 Å². The first-order chi connectivity index (χ1) is 9.67. The average molecular weight is 312 g/mol. The molecule has 0 radical (unpaired) electrons. The molecule has 1 atom stereocenters. The Morgan fingerprint density at radius 1 is 1.29 bits per heavy atom. The minimum absolute atomic E-state index is 0.0299. The summed E-state index contributed by atoms with van der Waals surface area (Å²) in [5.41, 5.74) is -0.643. The maximum absolute atomic E-state index is 12.2. The minimum atomic E-state index is -2.80. The van der Waals surface area contributed by atoms with Gasteiger partial charge in [-0.3, -0.25) is 0 Å². The predicted octanol–water partition coefficient (Wildman–Crippen LogP) is 2.49. The number of aliphatic hydroxyl groups excluding tert-OH is 1. The zero-order chi connectivity index (χ0) is 17.1. The molecular weight excluding hydrogens is 282 g/mol. The van der Waals surface area contributed by atoms with Crippen LogP contribution in [0.25, 0.3) is 0 Å². The summed E-state index contributed by atoms with van der Waals surface area (Å²) >= 11 is 0. The second-order valence-electron chi connectivity index (χ2n) is 5.26. The quantitative estimate of drug-likeness (QED) is 0.758. The Balaban J connectivity index is 0. The molecule has 0 aromatic rings. The van der Waals surface area contributed by atoms with E-state index in [0.717, 1.165) is 0 Å². The summed E-state index contributed by atoms with van der Waals surface area (Å²) in [7, 11) is 1.72. The van der Waals surface area contributed by atoms with E-state index in [9.17, 15) is 13.6 Å². The van der Waals surface area contributed by atoms with Crippen LogP contribution >= 0.6 is 0 Å². The highest BCUT2D eigenvalue weighted by atomic mass is 19.3. The van der Waals surface area contributed by atoms with Crippen LogP contribution in [0.15, 0.2) is 0 Å². The van der Waals surface area contributed by atoms with Crippen molar-refractivity contribution in [1.29, 1.82) is 0 Å². The van der Waals surface area contributed by atoms with Gasteiger partial charge in [0, 0.05) is 19.6 Å². The fourth-order valence-electron chi connectivity index (χ4n) is 1.28. The first kappa shape index (κ1) is 22.3. The number of carbonyl (C=O) groups excluding carboxylic acids is 1. The van der Waals surface area contributed by atoms with Gasteiger partial charge in [0.1, 0.15) is 11.7 Å². The van der Waals surface area contributed by atoms with Gasteiger partial charge < -0.3 is 20.1 Å². The topological polar surface area (TPSA) is 61.8 Å². The molecule has 0 aromatic carbocycles. The maximum Gasteiger partial charge on any atom is 0.410 e. The van der Waals surface area contributed by atoms with Crippen LogP contribution in [-0.4, -0.2) is 60.9 Å². The highest BCUT2D eigenvalue weighted by molar-refractivity contribution is 5.68. The second kappa shape index (κ2) is 11.7. The van der Waals surface area contributed by atoms with Crippen LogP contribution in [0, 0.1) is 0 Å². The van der Waals surface area contributed by atoms with Gasteiger partial charge >= 0.3 is 6.09 Å². The Morgan fingerprint density at radius 3 is 2.19 bits per heavy atom. The monoisotopic (exact) mass is 312 g/mol. The third-order valence-electron chi connectivity index (χ3n) is 2.27. The van der Waals surface area contributed by atoms with Crippen LogP contribution in [-0.2, 0) is 4.74 Å². The lowest BCUT2D eigenvalue weighted by Crippen LogP contribution is -2.41. The number of halogens is 2. The summed E-state index contributed by atoms with van der Waals surface area (Å²) < 4.78 is 29.6. The molecule has 0 saturated heterocycles. The number of nitrogens with zero attached hydrogens (tertiary/aromatic N) is 1. The van der Waals surface area contributed by atoms with Crippen molar-refractivity contribution in [3.8, 4) is 0 Å². The van der Waals surface area contributed by atoms with Crippen molar-refractivity contribution in [3.05, 3.63) is 0 Å². The molecule has 0 fully saturated rings. The number of alkyl halides is 2. The summed E-state index contributed by atoms with van der Waals surface area (Å²) in [6, 6.07) is 0. The van der Waals surface area contributed by atoms with E-state index in [-0.39, 0.29) is 13.0 Å². The van der Waals surface area contributed by atoms with Crippen molar-refractivity contribution in [1.82, 2.24) is 10.2 Å². The number of hydrogen-bond acceptors (Lipinski definition) is 4. The normalized spacial score (nSPS) is 12.5. The molecular formula is C14H30F2N2O3. The Kier molecular flexibility index (Phi) is 12.4.